The molecule has 0 bridgehead atoms. The lowest BCUT2D eigenvalue weighted by Gasteiger charge is -2.32. The highest BCUT2D eigenvalue weighted by molar-refractivity contribution is 7.89. The van der Waals surface area contributed by atoms with Crippen LogP contribution in [0.25, 0.3) is 10.9 Å². The van der Waals surface area contributed by atoms with Crippen LogP contribution in [-0.2, 0) is 24.4 Å². The van der Waals surface area contributed by atoms with Crippen molar-refractivity contribution < 1.29 is 22.8 Å². The summed E-state index contributed by atoms with van der Waals surface area (Å²) in [6, 6.07) is 8.81. The van der Waals surface area contributed by atoms with Gasteiger partial charge in [-0.25, -0.2) is 13.4 Å². The Labute approximate surface area is 229 Å². The Balaban J connectivity index is 1.49. The van der Waals surface area contributed by atoms with Crippen LogP contribution in [0.3, 0.4) is 0 Å². The normalized spacial score (nSPS) is 23.3. The summed E-state index contributed by atoms with van der Waals surface area (Å²) in [6.45, 7) is 7.52. The van der Waals surface area contributed by atoms with Gasteiger partial charge < -0.3 is 21.3 Å². The number of carbonyl (C=O) groups is 3. The number of para-hydroxylation sites is 1. The van der Waals surface area contributed by atoms with E-state index in [1.807, 2.05) is 30.3 Å². The molecule has 212 valence electrons. The number of nitrogens with zero attached hydrogens (tertiary/aromatic N) is 2. The summed E-state index contributed by atoms with van der Waals surface area (Å²) in [5.74, 6) is -2.31. The van der Waals surface area contributed by atoms with Crippen LogP contribution < -0.4 is 21.3 Å². The van der Waals surface area contributed by atoms with Crippen LogP contribution in [-0.4, -0.2) is 85.4 Å². The van der Waals surface area contributed by atoms with Crippen LogP contribution in [0, 0.1) is 11.3 Å². The molecule has 0 spiro atoms. The largest absolute Gasteiger partial charge is 0.344 e. The maximum Gasteiger partial charge on any atom is 0.237 e. The summed E-state index contributed by atoms with van der Waals surface area (Å²) in [6.07, 6.45) is 0.537. The van der Waals surface area contributed by atoms with E-state index in [0.29, 0.717) is 18.8 Å². The molecule has 12 heteroatoms. The van der Waals surface area contributed by atoms with Gasteiger partial charge in [0.1, 0.15) is 11.6 Å². The predicted molar refractivity (Wildman–Crippen MR) is 149 cm³/mol. The molecule has 2 aliphatic rings. The van der Waals surface area contributed by atoms with Crippen molar-refractivity contribution in [1.29, 1.82) is 0 Å². The van der Waals surface area contributed by atoms with Gasteiger partial charge in [-0.1, -0.05) is 39.0 Å². The fraction of sp³-hybridized carbons (Fsp3) is 0.556. The first-order valence-corrected chi connectivity index (χ1v) is 14.8. The molecule has 1 aromatic heterocycles. The number of Topliss-reactive ketones (excluding diaryl/α,β-unsaturated/α-hetero) is 1. The lowest BCUT2D eigenvalue weighted by atomic mass is 9.84. The third kappa shape index (κ3) is 6.29. The number of hydrogen-bond donors (Lipinski definition) is 4. The van der Waals surface area contributed by atoms with E-state index in [0.717, 1.165) is 10.9 Å². The molecule has 2 fully saturated rings. The highest BCUT2D eigenvalue weighted by atomic mass is 32.2. The second-order valence-corrected chi connectivity index (χ2v) is 13.4. The average Bonchev–Trinajstić information content (AvgIpc) is 3.48. The lowest BCUT2D eigenvalue weighted by molar-refractivity contribution is -0.129. The molecule has 5 unspecified atom stereocenters. The summed E-state index contributed by atoms with van der Waals surface area (Å²) in [5, 5.41) is 12.6. The van der Waals surface area contributed by atoms with Crippen molar-refractivity contribution in [2.24, 2.45) is 11.3 Å². The molecule has 5 atom stereocenters. The van der Waals surface area contributed by atoms with Crippen LogP contribution >= 0.6 is 0 Å². The zero-order chi connectivity index (χ0) is 28.5. The van der Waals surface area contributed by atoms with E-state index in [4.69, 9.17) is 0 Å². The number of fused-ring (bicyclic) bond motifs is 2. The second kappa shape index (κ2) is 11.3. The first kappa shape index (κ1) is 29.1. The van der Waals surface area contributed by atoms with Crippen LogP contribution in [0.1, 0.15) is 34.1 Å². The smallest absolute Gasteiger partial charge is 0.237 e. The van der Waals surface area contributed by atoms with Crippen molar-refractivity contribution >= 4 is 44.3 Å². The van der Waals surface area contributed by atoms with E-state index < -0.39 is 51.0 Å². The Morgan fingerprint density at radius 3 is 2.56 bits per heavy atom. The van der Waals surface area contributed by atoms with Gasteiger partial charge in [-0.05, 0) is 44.0 Å². The molecular formula is C27H38N6O5S. The SMILES string of the molecule is CNC(C)C(=O)NC(C(=O)CS(=O)(=O)N1CCC2NCC(C(=O)Nc3ccc4ccccc4n3)C21)C(C)(C)C. The number of rotatable bonds is 9. The van der Waals surface area contributed by atoms with Gasteiger partial charge >= 0.3 is 0 Å². The van der Waals surface area contributed by atoms with Crippen molar-refractivity contribution in [3.8, 4) is 0 Å². The maximum absolute atomic E-state index is 13.6. The zero-order valence-corrected chi connectivity index (χ0v) is 23.8. The van der Waals surface area contributed by atoms with E-state index in [2.05, 4.69) is 26.3 Å². The first-order valence-electron chi connectivity index (χ1n) is 13.2. The van der Waals surface area contributed by atoms with Gasteiger partial charge in [0.15, 0.2) is 5.78 Å². The molecule has 2 aromatic rings. The van der Waals surface area contributed by atoms with E-state index in [1.165, 1.54) is 4.31 Å². The van der Waals surface area contributed by atoms with Crippen molar-refractivity contribution in [3.63, 3.8) is 0 Å². The number of benzene rings is 1. The maximum atomic E-state index is 13.6. The Bertz CT molecular complexity index is 1360. The third-order valence-corrected chi connectivity index (χ3v) is 9.38. The fourth-order valence-corrected chi connectivity index (χ4v) is 7.08. The Morgan fingerprint density at radius 2 is 1.87 bits per heavy atom. The van der Waals surface area contributed by atoms with Gasteiger partial charge in [-0.2, -0.15) is 4.31 Å². The minimum atomic E-state index is -4.07. The summed E-state index contributed by atoms with van der Waals surface area (Å²) < 4.78 is 28.4. The number of anilines is 1. The second-order valence-electron chi connectivity index (χ2n) is 11.4. The number of sulfonamides is 1. The highest BCUT2D eigenvalue weighted by Gasteiger charge is 2.52. The molecule has 4 rings (SSSR count). The number of likely N-dealkylation sites (N-methyl/N-ethyl adjacent to an activating group) is 1. The predicted octanol–water partition coefficient (Wildman–Crippen LogP) is 0.873. The molecule has 1 aromatic carbocycles. The van der Waals surface area contributed by atoms with E-state index in [1.54, 1.807) is 40.8 Å². The molecule has 2 saturated heterocycles. The number of hydrogen-bond acceptors (Lipinski definition) is 8. The summed E-state index contributed by atoms with van der Waals surface area (Å²) in [4.78, 5) is 43.6. The molecule has 11 nitrogen and oxygen atoms in total. The monoisotopic (exact) mass is 558 g/mol. The number of pyridine rings is 1. The lowest BCUT2D eigenvalue weighted by Crippen LogP contribution is -2.56. The third-order valence-electron chi connectivity index (χ3n) is 7.59. The number of amides is 2. The van der Waals surface area contributed by atoms with Gasteiger partial charge in [-0.15, -0.1) is 0 Å². The van der Waals surface area contributed by atoms with Gasteiger partial charge in [0.2, 0.25) is 21.8 Å². The fourth-order valence-electron chi connectivity index (χ4n) is 5.34. The van der Waals surface area contributed by atoms with E-state index >= 15 is 0 Å². The van der Waals surface area contributed by atoms with Crippen molar-refractivity contribution in [3.05, 3.63) is 36.4 Å². The molecule has 0 saturated carbocycles. The van der Waals surface area contributed by atoms with E-state index in [9.17, 15) is 22.8 Å². The molecular weight excluding hydrogens is 520 g/mol. The minimum Gasteiger partial charge on any atom is -0.344 e. The van der Waals surface area contributed by atoms with Crippen LogP contribution in [0.15, 0.2) is 36.4 Å². The van der Waals surface area contributed by atoms with Crippen LogP contribution in [0.4, 0.5) is 5.82 Å². The van der Waals surface area contributed by atoms with Gasteiger partial charge in [-0.3, -0.25) is 14.4 Å². The molecule has 39 heavy (non-hydrogen) atoms. The summed E-state index contributed by atoms with van der Waals surface area (Å²) in [5.41, 5.74) is 0.0407. The van der Waals surface area contributed by atoms with Crippen LogP contribution in [0.5, 0.6) is 0 Å². The van der Waals surface area contributed by atoms with Gasteiger partial charge in [0.05, 0.1) is 29.6 Å². The Hall–Kier alpha value is -2.93. The average molecular weight is 559 g/mol. The van der Waals surface area contributed by atoms with Crippen LogP contribution in [0.2, 0.25) is 0 Å². The molecule has 0 aliphatic carbocycles. The zero-order valence-electron chi connectivity index (χ0n) is 23.0. The van der Waals surface area contributed by atoms with E-state index in [-0.39, 0.29) is 24.4 Å². The molecule has 3 heterocycles. The quantitative estimate of drug-likeness (QED) is 0.354. The summed E-state index contributed by atoms with van der Waals surface area (Å²) >= 11 is 0. The molecule has 2 amide bonds. The number of carbonyl (C=O) groups excluding carboxylic acids is 3. The number of aromatic nitrogens is 1. The molecule has 0 radical (unpaired) electrons. The Kier molecular flexibility index (Phi) is 8.41. The van der Waals surface area contributed by atoms with Gasteiger partial charge in [0.25, 0.3) is 0 Å². The molecule has 4 N–H and O–H groups in total. The van der Waals surface area contributed by atoms with Gasteiger partial charge in [0, 0.05) is 24.5 Å². The first-order chi connectivity index (χ1) is 18.3. The summed E-state index contributed by atoms with van der Waals surface area (Å²) in [7, 11) is -2.44. The number of nitrogens with one attached hydrogen (secondary N) is 4. The molecule has 2 aliphatic heterocycles. The minimum absolute atomic E-state index is 0.190. The Morgan fingerprint density at radius 1 is 1.15 bits per heavy atom. The standard InChI is InChI=1S/C27H38N6O5S/c1-16(28-5)25(35)32-24(27(2,3)4)21(34)15-39(37,38)33-13-12-20-23(33)18(14-29-20)26(36)31-22-11-10-17-8-6-7-9-19(17)30-22/h6-11,16,18,20,23-24,28-29H,12-15H2,1-5H3,(H,32,35)(H,30,31,36). The highest BCUT2D eigenvalue weighted by Crippen LogP contribution is 2.33. The van der Waals surface area contributed by atoms with Crippen molar-refractivity contribution in [2.75, 3.05) is 31.2 Å². The van der Waals surface area contributed by atoms with Crippen molar-refractivity contribution in [2.45, 2.75) is 58.3 Å². The van der Waals surface area contributed by atoms with Crippen molar-refractivity contribution in [1.82, 2.24) is 25.2 Å². The topological polar surface area (TPSA) is 150 Å². The number of ketones is 1.